The third-order valence-electron chi connectivity index (χ3n) is 3.80. The van der Waals surface area contributed by atoms with E-state index in [0.29, 0.717) is 16.3 Å². The lowest BCUT2D eigenvalue weighted by Gasteiger charge is -2.29. The normalized spacial score (nSPS) is 17.2. The fourth-order valence-corrected chi connectivity index (χ4v) is 2.92. The van der Waals surface area contributed by atoms with Crippen molar-refractivity contribution in [3.63, 3.8) is 0 Å². The predicted octanol–water partition coefficient (Wildman–Crippen LogP) is 3.66. The van der Waals surface area contributed by atoms with Crippen molar-refractivity contribution in [1.82, 2.24) is 0 Å². The lowest BCUT2D eigenvalue weighted by atomic mass is 9.83. The van der Waals surface area contributed by atoms with E-state index >= 15 is 0 Å². The van der Waals surface area contributed by atoms with Gasteiger partial charge in [-0.3, -0.25) is 0 Å². The monoisotopic (exact) mass is 292 g/mol. The first-order chi connectivity index (χ1) is 9.61. The average molecular weight is 293 g/mol. The number of hydrogen-bond acceptors (Lipinski definition) is 3. The Balaban J connectivity index is 2.22. The van der Waals surface area contributed by atoms with Crippen molar-refractivity contribution in [1.29, 1.82) is 5.26 Å². The Bertz CT molecular complexity index is 533. The summed E-state index contributed by atoms with van der Waals surface area (Å²) in [7, 11) is 0. The van der Waals surface area contributed by atoms with Crippen molar-refractivity contribution in [3.8, 4) is 6.07 Å². The molecule has 1 unspecified atom stereocenters. The molecule has 1 saturated carbocycles. The molecule has 2 N–H and O–H groups in total. The lowest BCUT2D eigenvalue weighted by Crippen LogP contribution is -2.38. The second kappa shape index (κ2) is 6.62. The van der Waals surface area contributed by atoms with E-state index in [9.17, 15) is 9.90 Å². The molecular weight excluding hydrogens is 276 g/mol. The topological polar surface area (TPSA) is 73.1 Å². The first-order valence-electron chi connectivity index (χ1n) is 6.81. The Labute approximate surface area is 123 Å². The summed E-state index contributed by atoms with van der Waals surface area (Å²) in [6.07, 6.45) is 5.12. The molecule has 0 amide bonds. The molecule has 5 heteroatoms. The van der Waals surface area contributed by atoms with Crippen LogP contribution in [0.2, 0.25) is 5.02 Å². The van der Waals surface area contributed by atoms with Crippen LogP contribution in [0.1, 0.15) is 37.7 Å². The Morgan fingerprint density at radius 2 is 2.10 bits per heavy atom. The minimum atomic E-state index is -0.874. The molecule has 1 fully saturated rings. The summed E-state index contributed by atoms with van der Waals surface area (Å²) in [5.74, 6) is -0.771. The molecule has 1 aromatic rings. The number of nitrogens with one attached hydrogen (secondary N) is 1. The molecule has 1 aromatic carbocycles. The molecule has 1 aliphatic rings. The molecule has 2 rings (SSSR count). The van der Waals surface area contributed by atoms with Gasteiger partial charge in [0.25, 0.3) is 0 Å². The number of carbonyl (C=O) groups is 1. The summed E-state index contributed by atoms with van der Waals surface area (Å²) >= 11 is 5.93. The Morgan fingerprint density at radius 3 is 2.70 bits per heavy atom. The van der Waals surface area contributed by atoms with E-state index in [1.54, 1.807) is 18.2 Å². The van der Waals surface area contributed by atoms with E-state index in [1.807, 2.05) is 0 Å². The Hall–Kier alpha value is -1.73. The molecule has 0 aliphatic heterocycles. The van der Waals surface area contributed by atoms with Crippen LogP contribution in [0, 0.1) is 17.2 Å². The highest BCUT2D eigenvalue weighted by atomic mass is 35.5. The van der Waals surface area contributed by atoms with Gasteiger partial charge in [0.05, 0.1) is 11.3 Å². The van der Waals surface area contributed by atoms with Crippen LogP contribution in [0.3, 0.4) is 0 Å². The molecular formula is C15H17ClN2O2. The summed E-state index contributed by atoms with van der Waals surface area (Å²) in [4.78, 5) is 11.5. The van der Waals surface area contributed by atoms with Gasteiger partial charge in [0, 0.05) is 5.02 Å². The number of carboxylic acids is 1. The summed E-state index contributed by atoms with van der Waals surface area (Å²) < 4.78 is 0. The number of halogens is 1. The van der Waals surface area contributed by atoms with Crippen LogP contribution in [0.4, 0.5) is 5.69 Å². The van der Waals surface area contributed by atoms with E-state index in [0.717, 1.165) is 25.7 Å². The lowest BCUT2D eigenvalue weighted by molar-refractivity contribution is -0.139. The van der Waals surface area contributed by atoms with Crippen molar-refractivity contribution >= 4 is 23.3 Å². The summed E-state index contributed by atoms with van der Waals surface area (Å²) in [6.45, 7) is 0. The van der Waals surface area contributed by atoms with Gasteiger partial charge in [-0.1, -0.05) is 30.9 Å². The zero-order chi connectivity index (χ0) is 14.5. The maximum absolute atomic E-state index is 11.5. The number of aliphatic carboxylic acids is 1. The third-order valence-corrected chi connectivity index (χ3v) is 4.04. The number of hydrogen-bond donors (Lipinski definition) is 2. The minimum Gasteiger partial charge on any atom is -0.480 e. The zero-order valence-corrected chi connectivity index (χ0v) is 11.9. The molecule has 0 aromatic heterocycles. The van der Waals surface area contributed by atoms with Crippen LogP contribution >= 0.6 is 11.6 Å². The van der Waals surface area contributed by atoms with Gasteiger partial charge in [0.15, 0.2) is 0 Å². The Morgan fingerprint density at radius 1 is 1.40 bits per heavy atom. The van der Waals surface area contributed by atoms with Crippen LogP contribution < -0.4 is 5.32 Å². The van der Waals surface area contributed by atoms with Crippen LogP contribution in [0.25, 0.3) is 0 Å². The van der Waals surface area contributed by atoms with Crippen LogP contribution in [-0.2, 0) is 4.79 Å². The molecule has 1 atom stereocenters. The van der Waals surface area contributed by atoms with Crippen molar-refractivity contribution in [2.45, 2.75) is 38.1 Å². The van der Waals surface area contributed by atoms with E-state index in [1.165, 1.54) is 6.42 Å². The van der Waals surface area contributed by atoms with Crippen LogP contribution in [0.15, 0.2) is 18.2 Å². The van der Waals surface area contributed by atoms with E-state index in [4.69, 9.17) is 16.9 Å². The predicted molar refractivity (Wildman–Crippen MR) is 77.8 cm³/mol. The summed E-state index contributed by atoms with van der Waals surface area (Å²) in [6, 6.07) is 6.23. The van der Waals surface area contributed by atoms with E-state index in [2.05, 4.69) is 11.4 Å². The zero-order valence-electron chi connectivity index (χ0n) is 11.1. The summed E-state index contributed by atoms with van der Waals surface area (Å²) in [5.41, 5.74) is 0.912. The average Bonchev–Trinajstić information content (AvgIpc) is 2.45. The molecule has 0 spiro atoms. The van der Waals surface area contributed by atoms with E-state index in [-0.39, 0.29) is 5.92 Å². The SMILES string of the molecule is N#Cc1ccc(Cl)cc1NC(C(=O)O)C1CCCCC1. The standard InChI is InChI=1S/C15H17ClN2O2/c16-12-7-6-11(9-17)13(8-12)18-14(15(19)20)10-4-2-1-3-5-10/h6-8,10,14,18H,1-5H2,(H,19,20). The van der Waals surface area contributed by atoms with Gasteiger partial charge in [-0.15, -0.1) is 0 Å². The number of rotatable bonds is 4. The summed E-state index contributed by atoms with van der Waals surface area (Å²) in [5, 5.41) is 22.0. The maximum atomic E-state index is 11.5. The largest absolute Gasteiger partial charge is 0.480 e. The molecule has 4 nitrogen and oxygen atoms in total. The molecule has 20 heavy (non-hydrogen) atoms. The minimum absolute atomic E-state index is 0.103. The number of carboxylic acid groups (broad SMARTS) is 1. The maximum Gasteiger partial charge on any atom is 0.326 e. The molecule has 0 saturated heterocycles. The van der Waals surface area contributed by atoms with Crippen LogP contribution in [0.5, 0.6) is 0 Å². The molecule has 0 bridgehead atoms. The quantitative estimate of drug-likeness (QED) is 0.888. The van der Waals surface area contributed by atoms with Crippen molar-refractivity contribution in [2.75, 3.05) is 5.32 Å². The van der Waals surface area contributed by atoms with Gasteiger partial charge in [0.1, 0.15) is 12.1 Å². The molecule has 1 aliphatic carbocycles. The number of nitrogens with zero attached hydrogens (tertiary/aromatic N) is 1. The fraction of sp³-hybridized carbons (Fsp3) is 0.467. The van der Waals surface area contributed by atoms with Crippen molar-refractivity contribution in [3.05, 3.63) is 28.8 Å². The fourth-order valence-electron chi connectivity index (χ4n) is 2.75. The van der Waals surface area contributed by atoms with Crippen molar-refractivity contribution < 1.29 is 9.90 Å². The van der Waals surface area contributed by atoms with E-state index < -0.39 is 12.0 Å². The van der Waals surface area contributed by atoms with Gasteiger partial charge in [-0.2, -0.15) is 5.26 Å². The Kier molecular flexibility index (Phi) is 4.86. The molecule has 0 radical (unpaired) electrons. The smallest absolute Gasteiger partial charge is 0.326 e. The van der Waals surface area contributed by atoms with Gasteiger partial charge in [-0.05, 0) is 37.0 Å². The first kappa shape index (κ1) is 14.7. The highest BCUT2D eigenvalue weighted by Gasteiger charge is 2.29. The molecule has 0 heterocycles. The number of anilines is 1. The number of nitriles is 1. The third kappa shape index (κ3) is 3.43. The van der Waals surface area contributed by atoms with Crippen LogP contribution in [-0.4, -0.2) is 17.1 Å². The van der Waals surface area contributed by atoms with Gasteiger partial charge >= 0.3 is 5.97 Å². The number of benzene rings is 1. The van der Waals surface area contributed by atoms with Crippen molar-refractivity contribution in [2.24, 2.45) is 5.92 Å². The van der Waals surface area contributed by atoms with Gasteiger partial charge < -0.3 is 10.4 Å². The van der Waals surface area contributed by atoms with Gasteiger partial charge in [-0.25, -0.2) is 4.79 Å². The second-order valence-corrected chi connectivity index (χ2v) is 5.60. The first-order valence-corrected chi connectivity index (χ1v) is 7.18. The van der Waals surface area contributed by atoms with Gasteiger partial charge in [0.2, 0.25) is 0 Å². The second-order valence-electron chi connectivity index (χ2n) is 5.16. The highest BCUT2D eigenvalue weighted by Crippen LogP contribution is 2.30. The molecule has 106 valence electrons. The highest BCUT2D eigenvalue weighted by molar-refractivity contribution is 6.30.